The summed E-state index contributed by atoms with van der Waals surface area (Å²) in [4.78, 5) is 16.7. The lowest BCUT2D eigenvalue weighted by molar-refractivity contribution is -0.121. The number of imidazole rings is 1. The van der Waals surface area contributed by atoms with Crippen molar-refractivity contribution in [3.8, 4) is 0 Å². The van der Waals surface area contributed by atoms with Gasteiger partial charge in [-0.2, -0.15) is 0 Å². The Morgan fingerprint density at radius 2 is 2.00 bits per heavy atom. The zero-order valence-corrected chi connectivity index (χ0v) is 16.9. The molecular weight excluding hydrogens is 404 g/mol. The second-order valence-electron chi connectivity index (χ2n) is 6.30. The fourth-order valence-corrected chi connectivity index (χ4v) is 3.28. The summed E-state index contributed by atoms with van der Waals surface area (Å²) in [6.07, 6.45) is 0.543. The first-order chi connectivity index (χ1) is 13.5. The Hall–Kier alpha value is -2.15. The van der Waals surface area contributed by atoms with Crippen LogP contribution in [0.1, 0.15) is 17.8 Å². The first-order valence-corrected chi connectivity index (χ1v) is 9.58. The van der Waals surface area contributed by atoms with Crippen LogP contribution < -0.4 is 5.32 Å². The van der Waals surface area contributed by atoms with E-state index in [2.05, 4.69) is 10.3 Å². The average Bonchev–Trinajstić information content (AvgIpc) is 2.98. The van der Waals surface area contributed by atoms with E-state index in [1.54, 1.807) is 37.4 Å². The third kappa shape index (κ3) is 4.82. The average molecular weight is 424 g/mol. The second kappa shape index (κ2) is 9.37. The van der Waals surface area contributed by atoms with Gasteiger partial charge in [0.1, 0.15) is 11.6 Å². The zero-order chi connectivity index (χ0) is 20.1. The van der Waals surface area contributed by atoms with E-state index in [0.29, 0.717) is 53.1 Å². The van der Waals surface area contributed by atoms with Crippen molar-refractivity contribution in [1.29, 1.82) is 0 Å². The van der Waals surface area contributed by atoms with E-state index in [0.717, 1.165) is 5.52 Å². The van der Waals surface area contributed by atoms with Gasteiger partial charge in [-0.1, -0.05) is 41.4 Å². The van der Waals surface area contributed by atoms with Gasteiger partial charge < -0.3 is 14.6 Å². The van der Waals surface area contributed by atoms with Crippen LogP contribution in [0.4, 0.5) is 4.39 Å². The van der Waals surface area contributed by atoms with E-state index in [1.807, 2.05) is 4.57 Å². The van der Waals surface area contributed by atoms with Crippen molar-refractivity contribution >= 4 is 40.1 Å². The van der Waals surface area contributed by atoms with Crippen molar-refractivity contribution in [3.63, 3.8) is 0 Å². The predicted octanol–water partition coefficient (Wildman–Crippen LogP) is 4.23. The summed E-state index contributed by atoms with van der Waals surface area (Å²) in [5, 5.41) is 3.59. The number of nitrogens with zero attached hydrogens (tertiary/aromatic N) is 2. The number of carbonyl (C=O) groups excluding carboxylic acids is 1. The van der Waals surface area contributed by atoms with Crippen LogP contribution >= 0.6 is 23.2 Å². The highest BCUT2D eigenvalue weighted by atomic mass is 35.5. The van der Waals surface area contributed by atoms with Gasteiger partial charge in [-0.05, 0) is 23.8 Å². The molecule has 1 N–H and O–H groups in total. The monoisotopic (exact) mass is 423 g/mol. The molecule has 0 aliphatic heterocycles. The van der Waals surface area contributed by atoms with Gasteiger partial charge >= 0.3 is 0 Å². The zero-order valence-electron chi connectivity index (χ0n) is 15.3. The lowest BCUT2D eigenvalue weighted by Crippen LogP contribution is -2.27. The Labute approximate surface area is 172 Å². The second-order valence-corrected chi connectivity index (χ2v) is 7.11. The van der Waals surface area contributed by atoms with Crippen LogP contribution in [-0.4, -0.2) is 35.7 Å². The van der Waals surface area contributed by atoms with Crippen LogP contribution in [0, 0.1) is 5.82 Å². The maximum atomic E-state index is 14.1. The van der Waals surface area contributed by atoms with Crippen LogP contribution in [-0.2, 0) is 22.5 Å². The molecule has 0 unspecified atom stereocenters. The molecule has 3 rings (SSSR count). The Morgan fingerprint density at radius 1 is 1.25 bits per heavy atom. The minimum absolute atomic E-state index is 0.101. The maximum absolute atomic E-state index is 14.1. The van der Waals surface area contributed by atoms with Gasteiger partial charge in [0.25, 0.3) is 0 Å². The number of carbonyl (C=O) groups is 1. The summed E-state index contributed by atoms with van der Waals surface area (Å²) >= 11 is 12.3. The third-order valence-corrected chi connectivity index (χ3v) is 5.09. The van der Waals surface area contributed by atoms with E-state index >= 15 is 0 Å². The number of hydrogen-bond acceptors (Lipinski definition) is 3. The van der Waals surface area contributed by atoms with E-state index < -0.39 is 0 Å². The van der Waals surface area contributed by atoms with Gasteiger partial charge in [0, 0.05) is 33.0 Å². The molecule has 0 bridgehead atoms. The van der Waals surface area contributed by atoms with Gasteiger partial charge in [-0.25, -0.2) is 9.37 Å². The smallest absolute Gasteiger partial charge is 0.221 e. The molecular formula is C20H20Cl2FN3O2. The van der Waals surface area contributed by atoms with Gasteiger partial charge in [0.15, 0.2) is 0 Å². The number of aryl methyl sites for hydroxylation is 1. The molecule has 0 radical (unpaired) electrons. The number of aromatic nitrogens is 2. The van der Waals surface area contributed by atoms with Crippen LogP contribution in [0.3, 0.4) is 0 Å². The van der Waals surface area contributed by atoms with E-state index in [1.165, 1.54) is 6.07 Å². The summed E-state index contributed by atoms with van der Waals surface area (Å²) in [5.74, 6) is 0.244. The minimum Gasteiger partial charge on any atom is -0.383 e. The number of halogens is 3. The molecule has 28 heavy (non-hydrogen) atoms. The fourth-order valence-electron chi connectivity index (χ4n) is 2.96. The van der Waals surface area contributed by atoms with E-state index in [4.69, 9.17) is 27.9 Å². The Morgan fingerprint density at radius 3 is 2.75 bits per heavy atom. The van der Waals surface area contributed by atoms with Crippen molar-refractivity contribution in [2.75, 3.05) is 20.3 Å². The first kappa shape index (κ1) is 20.6. The summed E-state index contributed by atoms with van der Waals surface area (Å²) in [5.41, 5.74) is 1.94. The molecule has 0 spiro atoms. The lowest BCUT2D eigenvalue weighted by atomic mass is 10.1. The molecule has 3 aromatic rings. The van der Waals surface area contributed by atoms with Gasteiger partial charge in [0.2, 0.25) is 5.91 Å². The molecule has 0 aliphatic carbocycles. The van der Waals surface area contributed by atoms with E-state index in [-0.39, 0.29) is 18.1 Å². The highest BCUT2D eigenvalue weighted by Gasteiger charge is 2.16. The number of rotatable bonds is 8. The molecule has 0 fully saturated rings. The van der Waals surface area contributed by atoms with Crippen LogP contribution in [0.2, 0.25) is 10.0 Å². The van der Waals surface area contributed by atoms with Crippen LogP contribution in [0.25, 0.3) is 11.0 Å². The Kier molecular flexibility index (Phi) is 6.88. The van der Waals surface area contributed by atoms with Crippen molar-refractivity contribution in [2.45, 2.75) is 19.4 Å². The SMILES string of the molecule is COCCNC(=O)CCn1c(Cc2ccccc2F)nc2cc(Cl)c(Cl)cc21. The highest BCUT2D eigenvalue weighted by molar-refractivity contribution is 6.42. The Bertz CT molecular complexity index is 991. The van der Waals surface area contributed by atoms with Crippen molar-refractivity contribution < 1.29 is 13.9 Å². The molecule has 1 heterocycles. The summed E-state index contributed by atoms with van der Waals surface area (Å²) in [6, 6.07) is 9.96. The highest BCUT2D eigenvalue weighted by Crippen LogP contribution is 2.29. The standard InChI is InChI=1S/C20H20Cl2FN3O2/c1-28-9-7-24-20(27)6-8-26-18-12-15(22)14(21)11-17(18)25-19(26)10-13-4-2-3-5-16(13)23/h2-5,11-12H,6-10H2,1H3,(H,24,27). The van der Waals surface area contributed by atoms with Gasteiger partial charge in [-0.15, -0.1) is 0 Å². The molecule has 1 amide bonds. The molecule has 2 aromatic carbocycles. The molecule has 0 saturated heterocycles. The Balaban J connectivity index is 1.90. The van der Waals surface area contributed by atoms with Gasteiger partial charge in [-0.3, -0.25) is 4.79 Å². The maximum Gasteiger partial charge on any atom is 0.221 e. The summed E-state index contributed by atoms with van der Waals surface area (Å²) in [7, 11) is 1.58. The van der Waals surface area contributed by atoms with Gasteiger partial charge in [0.05, 0.1) is 27.7 Å². The summed E-state index contributed by atoms with van der Waals surface area (Å²) in [6.45, 7) is 1.28. The number of ether oxygens (including phenoxy) is 1. The third-order valence-electron chi connectivity index (χ3n) is 4.37. The van der Waals surface area contributed by atoms with Crippen molar-refractivity contribution in [1.82, 2.24) is 14.9 Å². The predicted molar refractivity (Wildman–Crippen MR) is 108 cm³/mol. The molecule has 148 valence electrons. The largest absolute Gasteiger partial charge is 0.383 e. The number of hydrogen-bond donors (Lipinski definition) is 1. The molecule has 8 heteroatoms. The van der Waals surface area contributed by atoms with E-state index in [9.17, 15) is 9.18 Å². The topological polar surface area (TPSA) is 56.1 Å². The summed E-state index contributed by atoms with van der Waals surface area (Å²) < 4.78 is 20.9. The van der Waals surface area contributed by atoms with Crippen LogP contribution in [0.5, 0.6) is 0 Å². The fraction of sp³-hybridized carbons (Fsp3) is 0.300. The molecule has 5 nitrogen and oxygen atoms in total. The molecule has 0 atom stereocenters. The van der Waals surface area contributed by atoms with Crippen molar-refractivity contribution in [3.05, 3.63) is 63.6 Å². The molecule has 1 aromatic heterocycles. The molecule has 0 saturated carbocycles. The van der Waals surface area contributed by atoms with Crippen LogP contribution in [0.15, 0.2) is 36.4 Å². The number of fused-ring (bicyclic) bond motifs is 1. The number of benzene rings is 2. The number of nitrogens with one attached hydrogen (secondary N) is 1. The number of methoxy groups -OCH3 is 1. The first-order valence-electron chi connectivity index (χ1n) is 8.82. The molecule has 0 aliphatic rings. The number of amides is 1. The minimum atomic E-state index is -0.297. The normalized spacial score (nSPS) is 11.1. The van der Waals surface area contributed by atoms with Crippen molar-refractivity contribution in [2.24, 2.45) is 0 Å². The lowest BCUT2D eigenvalue weighted by Gasteiger charge is -2.11. The quantitative estimate of drug-likeness (QED) is 0.551.